The smallest absolute Gasteiger partial charge is 0.266 e. The van der Waals surface area contributed by atoms with Crippen LogP contribution in [-0.2, 0) is 11.4 Å². The third-order valence-corrected chi connectivity index (χ3v) is 5.55. The largest absolute Gasteiger partial charge is 0.488 e. The van der Waals surface area contributed by atoms with Gasteiger partial charge >= 0.3 is 0 Å². The number of carbonyl (C=O) groups excluding carboxylic acids is 1. The van der Waals surface area contributed by atoms with Crippen molar-refractivity contribution in [3.05, 3.63) is 81.7 Å². The first-order valence-corrected chi connectivity index (χ1v) is 9.93. The van der Waals surface area contributed by atoms with Gasteiger partial charge in [-0.3, -0.25) is 9.69 Å². The van der Waals surface area contributed by atoms with Crippen LogP contribution in [0.4, 0.5) is 0 Å². The van der Waals surface area contributed by atoms with Crippen molar-refractivity contribution < 1.29 is 9.53 Å². The number of ether oxygens (including phenoxy) is 1. The van der Waals surface area contributed by atoms with E-state index in [1.807, 2.05) is 54.6 Å². The Morgan fingerprint density at radius 2 is 2.00 bits per heavy atom. The highest BCUT2D eigenvalue weighted by molar-refractivity contribution is 9.10. The van der Waals surface area contributed by atoms with E-state index < -0.39 is 0 Å². The van der Waals surface area contributed by atoms with Crippen molar-refractivity contribution in [3.8, 4) is 5.75 Å². The molecule has 0 bridgehead atoms. The third kappa shape index (κ3) is 4.44. The average molecular weight is 446 g/mol. The fourth-order valence-electron chi connectivity index (χ4n) is 2.43. The Morgan fingerprint density at radius 3 is 2.73 bits per heavy atom. The summed E-state index contributed by atoms with van der Waals surface area (Å²) >= 11 is 10.1. The second-order valence-electron chi connectivity index (χ2n) is 5.54. The minimum absolute atomic E-state index is 0.103. The van der Waals surface area contributed by atoms with Crippen molar-refractivity contribution >= 4 is 56.2 Å². The highest BCUT2D eigenvalue weighted by atomic mass is 79.9. The SMILES string of the molecule is C=CCN1C(=O)/C(=C\c2cc(Br)ccc2OCc2ccccc2)SC1=S. The Hall–Kier alpha value is -1.89. The highest BCUT2D eigenvalue weighted by Crippen LogP contribution is 2.35. The van der Waals surface area contributed by atoms with E-state index in [1.165, 1.54) is 11.8 Å². The van der Waals surface area contributed by atoms with Crippen molar-refractivity contribution in [2.75, 3.05) is 6.54 Å². The molecule has 1 aliphatic heterocycles. The van der Waals surface area contributed by atoms with Gasteiger partial charge in [0.1, 0.15) is 16.7 Å². The van der Waals surface area contributed by atoms with Crippen molar-refractivity contribution in [1.29, 1.82) is 0 Å². The molecular weight excluding hydrogens is 430 g/mol. The number of nitrogens with zero attached hydrogens (tertiary/aromatic N) is 1. The maximum absolute atomic E-state index is 12.5. The Balaban J connectivity index is 1.85. The number of amides is 1. The summed E-state index contributed by atoms with van der Waals surface area (Å²) in [6.45, 7) is 4.55. The molecule has 1 amide bonds. The van der Waals surface area contributed by atoms with Crippen molar-refractivity contribution in [1.82, 2.24) is 4.90 Å². The van der Waals surface area contributed by atoms with E-state index >= 15 is 0 Å². The van der Waals surface area contributed by atoms with Crippen LogP contribution >= 0.6 is 39.9 Å². The first kappa shape index (κ1) is 18.9. The minimum Gasteiger partial charge on any atom is -0.488 e. The molecule has 0 aliphatic carbocycles. The van der Waals surface area contributed by atoms with Gasteiger partial charge in [-0.15, -0.1) is 6.58 Å². The topological polar surface area (TPSA) is 29.5 Å². The van der Waals surface area contributed by atoms with E-state index in [4.69, 9.17) is 17.0 Å². The predicted molar refractivity (Wildman–Crippen MR) is 115 cm³/mol. The van der Waals surface area contributed by atoms with Crippen LogP contribution in [0.25, 0.3) is 6.08 Å². The Morgan fingerprint density at radius 1 is 1.23 bits per heavy atom. The zero-order valence-corrected chi connectivity index (χ0v) is 17.1. The lowest BCUT2D eigenvalue weighted by Gasteiger charge is -2.11. The lowest BCUT2D eigenvalue weighted by atomic mass is 10.1. The van der Waals surface area contributed by atoms with Crippen LogP contribution in [-0.4, -0.2) is 21.7 Å². The minimum atomic E-state index is -0.103. The van der Waals surface area contributed by atoms with E-state index in [0.29, 0.717) is 28.1 Å². The molecule has 3 nitrogen and oxygen atoms in total. The summed E-state index contributed by atoms with van der Waals surface area (Å²) in [6.07, 6.45) is 3.49. The highest BCUT2D eigenvalue weighted by Gasteiger charge is 2.31. The van der Waals surface area contributed by atoms with Crippen LogP contribution in [0.15, 0.2) is 70.6 Å². The molecule has 3 rings (SSSR count). The molecule has 26 heavy (non-hydrogen) atoms. The zero-order chi connectivity index (χ0) is 18.5. The van der Waals surface area contributed by atoms with E-state index in [0.717, 1.165) is 15.6 Å². The van der Waals surface area contributed by atoms with Gasteiger partial charge < -0.3 is 4.74 Å². The van der Waals surface area contributed by atoms with Crippen LogP contribution < -0.4 is 4.74 Å². The second kappa shape index (κ2) is 8.66. The molecule has 0 atom stereocenters. The fraction of sp³-hybridized carbons (Fsp3) is 0.100. The summed E-state index contributed by atoms with van der Waals surface area (Å²) in [5.41, 5.74) is 1.91. The van der Waals surface area contributed by atoms with Gasteiger partial charge in [0, 0.05) is 16.6 Å². The maximum Gasteiger partial charge on any atom is 0.266 e. The summed E-state index contributed by atoms with van der Waals surface area (Å²) in [5, 5.41) is 0. The molecule has 2 aromatic rings. The van der Waals surface area contributed by atoms with E-state index in [9.17, 15) is 4.79 Å². The number of hydrogen-bond donors (Lipinski definition) is 0. The van der Waals surface area contributed by atoms with E-state index in [1.54, 1.807) is 11.0 Å². The number of thiocarbonyl (C=S) groups is 1. The number of halogens is 1. The lowest BCUT2D eigenvalue weighted by molar-refractivity contribution is -0.121. The second-order valence-corrected chi connectivity index (χ2v) is 8.13. The summed E-state index contributed by atoms with van der Waals surface area (Å²) in [5.74, 6) is 0.611. The molecule has 1 fully saturated rings. The van der Waals surface area contributed by atoms with Gasteiger partial charge in [0.2, 0.25) is 0 Å². The molecule has 0 saturated carbocycles. The molecule has 0 aromatic heterocycles. The first-order valence-electron chi connectivity index (χ1n) is 7.91. The van der Waals surface area contributed by atoms with Gasteiger partial charge in [0.25, 0.3) is 5.91 Å². The lowest BCUT2D eigenvalue weighted by Crippen LogP contribution is -2.27. The van der Waals surface area contributed by atoms with Crippen molar-refractivity contribution in [2.45, 2.75) is 6.61 Å². The molecule has 132 valence electrons. The average Bonchev–Trinajstić information content (AvgIpc) is 2.90. The molecule has 6 heteroatoms. The summed E-state index contributed by atoms with van der Waals surface area (Å²) < 4.78 is 7.43. The quantitative estimate of drug-likeness (QED) is 0.337. The van der Waals surface area contributed by atoms with Crippen LogP contribution in [0.1, 0.15) is 11.1 Å². The van der Waals surface area contributed by atoms with E-state index in [-0.39, 0.29) is 5.91 Å². The standard InChI is InChI=1S/C20H16BrNO2S2/c1-2-10-22-19(23)18(26-20(22)25)12-15-11-16(21)8-9-17(15)24-13-14-6-4-3-5-7-14/h2-9,11-12H,1,10,13H2/b18-12+. The maximum atomic E-state index is 12.5. The molecule has 2 aromatic carbocycles. The van der Waals surface area contributed by atoms with Crippen molar-refractivity contribution in [2.24, 2.45) is 0 Å². The molecule has 0 spiro atoms. The molecule has 1 heterocycles. The van der Waals surface area contributed by atoms with Gasteiger partial charge in [0.15, 0.2) is 0 Å². The number of benzene rings is 2. The monoisotopic (exact) mass is 445 g/mol. The zero-order valence-electron chi connectivity index (χ0n) is 13.9. The van der Waals surface area contributed by atoms with Gasteiger partial charge in [-0.05, 0) is 29.8 Å². The Kier molecular flexibility index (Phi) is 6.29. The van der Waals surface area contributed by atoms with Gasteiger partial charge in [-0.25, -0.2) is 0 Å². The number of carbonyl (C=O) groups is 1. The van der Waals surface area contributed by atoms with Gasteiger partial charge in [0.05, 0.1) is 4.91 Å². The molecule has 0 radical (unpaired) electrons. The number of hydrogen-bond acceptors (Lipinski definition) is 4. The fourth-order valence-corrected chi connectivity index (χ4v) is 4.07. The predicted octanol–water partition coefficient (Wildman–Crippen LogP) is 5.42. The Bertz CT molecular complexity index is 881. The van der Waals surface area contributed by atoms with Crippen LogP contribution in [0.3, 0.4) is 0 Å². The van der Waals surface area contributed by atoms with Crippen LogP contribution in [0.2, 0.25) is 0 Å². The Labute approximate surface area is 170 Å². The van der Waals surface area contributed by atoms with E-state index in [2.05, 4.69) is 22.5 Å². The van der Waals surface area contributed by atoms with Crippen LogP contribution in [0.5, 0.6) is 5.75 Å². The summed E-state index contributed by atoms with van der Waals surface area (Å²) in [4.78, 5) is 14.7. The van der Waals surface area contributed by atoms with Crippen LogP contribution in [0, 0.1) is 0 Å². The van der Waals surface area contributed by atoms with Gasteiger partial charge in [-0.2, -0.15) is 0 Å². The summed E-state index contributed by atoms with van der Waals surface area (Å²) in [6, 6.07) is 15.7. The summed E-state index contributed by atoms with van der Waals surface area (Å²) in [7, 11) is 0. The molecule has 1 saturated heterocycles. The molecule has 0 unspecified atom stereocenters. The third-order valence-electron chi connectivity index (χ3n) is 3.68. The number of thioether (sulfide) groups is 1. The number of rotatable bonds is 6. The first-order chi connectivity index (χ1) is 12.6. The van der Waals surface area contributed by atoms with Crippen molar-refractivity contribution in [3.63, 3.8) is 0 Å². The molecule has 1 aliphatic rings. The normalized spacial score (nSPS) is 15.6. The molecule has 0 N–H and O–H groups in total. The molecular formula is C20H16BrNO2S2. The van der Waals surface area contributed by atoms with Gasteiger partial charge in [-0.1, -0.05) is 76.3 Å².